The molecule has 3 N–H and O–H groups in total. The fraction of sp³-hybridized carbons (Fsp3) is 0.182. The minimum absolute atomic E-state index is 0. The topological polar surface area (TPSA) is 85.4 Å². The van der Waals surface area contributed by atoms with Crippen LogP contribution >= 0.6 is 0 Å². The van der Waals surface area contributed by atoms with E-state index in [9.17, 15) is 9.90 Å². The van der Waals surface area contributed by atoms with E-state index in [0.717, 1.165) is 0 Å². The molecule has 1 heterocycles. The Hall–Kier alpha value is -0.936. The summed E-state index contributed by atoms with van der Waals surface area (Å²) < 4.78 is 4.67. The van der Waals surface area contributed by atoms with E-state index in [1.165, 1.54) is 24.4 Å². The molecule has 0 unspecified atom stereocenters. The number of nitrogens with two attached hydrogens (primary N) is 1. The monoisotopic (exact) mass is 312 g/mol. The van der Waals surface area contributed by atoms with Gasteiger partial charge in [-0.05, 0) is 19.1 Å². The first-order valence-corrected chi connectivity index (χ1v) is 4.43. The Bertz CT molecular complexity index is 374. The van der Waals surface area contributed by atoms with Crippen molar-refractivity contribution in [1.29, 1.82) is 0 Å². The number of ether oxygens (including phenoxy) is 1. The van der Waals surface area contributed by atoms with E-state index < -0.39 is 5.97 Å². The van der Waals surface area contributed by atoms with Crippen molar-refractivity contribution in [3.63, 3.8) is 0 Å². The number of aromatic hydroxyl groups is 1. The third-order valence-electron chi connectivity index (χ3n) is 1.67. The first-order valence-electron chi connectivity index (χ1n) is 4.43. The van der Waals surface area contributed by atoms with Gasteiger partial charge in [-0.15, -0.1) is 0 Å². The normalized spacial score (nSPS) is 9.24. The van der Waals surface area contributed by atoms with Crippen molar-refractivity contribution in [1.82, 2.24) is 4.98 Å². The number of rotatable bonds is 3. The van der Waals surface area contributed by atoms with Crippen LogP contribution in [-0.4, -0.2) is 22.7 Å². The standard InChI is InChI=1S/C10H12N2O3.CH3.Y/c1-2-15-9(14)4-3-7-8(13)5-6-12-10(7)11;;/h3-6H,2H2,1H3,(H3,11,12,13);1H3;/q;-1;/b4-3-;;. The Kier molecular flexibility index (Phi) is 9.90. The molecule has 1 aromatic heterocycles. The maximum atomic E-state index is 11.0. The molecule has 0 spiro atoms. The maximum Gasteiger partial charge on any atom is 0.330 e. The number of anilines is 1. The van der Waals surface area contributed by atoms with Gasteiger partial charge in [-0.1, -0.05) is 0 Å². The van der Waals surface area contributed by atoms with Crippen LogP contribution < -0.4 is 5.73 Å². The van der Waals surface area contributed by atoms with Crippen LogP contribution in [0.2, 0.25) is 0 Å². The molecule has 17 heavy (non-hydrogen) atoms. The molecule has 1 aromatic rings. The fourth-order valence-corrected chi connectivity index (χ4v) is 0.991. The SMILES string of the molecule is CCOC(=O)/C=C\c1c(O)ccnc1N.[CH3-].[Y]. The molecule has 0 amide bonds. The van der Waals surface area contributed by atoms with E-state index in [1.54, 1.807) is 6.92 Å². The number of aromatic nitrogens is 1. The van der Waals surface area contributed by atoms with Crippen LogP contribution in [0.15, 0.2) is 18.3 Å². The largest absolute Gasteiger partial charge is 0.507 e. The molecule has 0 saturated heterocycles. The molecule has 0 aliphatic carbocycles. The van der Waals surface area contributed by atoms with Crippen molar-refractivity contribution in [3.8, 4) is 5.75 Å². The molecule has 0 atom stereocenters. The molecule has 5 nitrogen and oxygen atoms in total. The van der Waals surface area contributed by atoms with Crippen molar-refractivity contribution >= 4 is 17.9 Å². The zero-order chi connectivity index (χ0) is 11.3. The number of nitrogen functional groups attached to an aromatic ring is 1. The summed E-state index contributed by atoms with van der Waals surface area (Å²) in [5, 5.41) is 9.41. The summed E-state index contributed by atoms with van der Waals surface area (Å²) in [4.78, 5) is 14.8. The third-order valence-corrected chi connectivity index (χ3v) is 1.67. The molecular weight excluding hydrogens is 297 g/mol. The third kappa shape index (κ3) is 5.79. The summed E-state index contributed by atoms with van der Waals surface area (Å²) in [6, 6.07) is 1.39. The zero-order valence-electron chi connectivity index (χ0n) is 9.88. The van der Waals surface area contributed by atoms with E-state index >= 15 is 0 Å². The van der Waals surface area contributed by atoms with Gasteiger partial charge < -0.3 is 23.0 Å². The summed E-state index contributed by atoms with van der Waals surface area (Å²) >= 11 is 0. The van der Waals surface area contributed by atoms with Crippen LogP contribution in [0, 0.1) is 7.43 Å². The van der Waals surface area contributed by atoms with E-state index in [2.05, 4.69) is 9.72 Å². The number of nitrogens with zero attached hydrogens (tertiary/aromatic N) is 1. The summed E-state index contributed by atoms with van der Waals surface area (Å²) in [6.07, 6.45) is 3.94. The second kappa shape index (κ2) is 9.13. The Morgan fingerprint density at radius 1 is 1.65 bits per heavy atom. The number of carbonyl (C=O) groups excluding carboxylic acids is 1. The van der Waals surface area contributed by atoms with Crippen molar-refractivity contribution in [2.75, 3.05) is 12.3 Å². The van der Waals surface area contributed by atoms with Crippen LogP contribution in [0.5, 0.6) is 5.75 Å². The van der Waals surface area contributed by atoms with Gasteiger partial charge in [-0.3, -0.25) is 0 Å². The van der Waals surface area contributed by atoms with Crippen molar-refractivity contribution < 1.29 is 47.3 Å². The molecule has 91 valence electrons. The van der Waals surface area contributed by atoms with Gasteiger partial charge in [0.15, 0.2) is 0 Å². The van der Waals surface area contributed by atoms with Crippen LogP contribution in [0.4, 0.5) is 5.82 Å². The van der Waals surface area contributed by atoms with Gasteiger partial charge in [0.1, 0.15) is 11.6 Å². The molecule has 0 aromatic carbocycles. The molecule has 6 heteroatoms. The Labute approximate surface area is 126 Å². The van der Waals surface area contributed by atoms with Gasteiger partial charge in [0.05, 0.1) is 12.2 Å². The minimum atomic E-state index is -0.486. The Morgan fingerprint density at radius 3 is 2.82 bits per heavy atom. The first kappa shape index (κ1) is 18.4. The molecule has 0 saturated carbocycles. The fourth-order valence-electron chi connectivity index (χ4n) is 0.991. The summed E-state index contributed by atoms with van der Waals surface area (Å²) in [5.41, 5.74) is 5.82. The van der Waals surface area contributed by atoms with Crippen LogP contribution in [-0.2, 0) is 42.2 Å². The van der Waals surface area contributed by atoms with Gasteiger partial charge in [0.2, 0.25) is 0 Å². The maximum absolute atomic E-state index is 11.0. The molecule has 1 rings (SSSR count). The van der Waals surface area contributed by atoms with Gasteiger partial charge >= 0.3 is 5.97 Å². The average Bonchev–Trinajstić information content (AvgIpc) is 2.17. The Morgan fingerprint density at radius 2 is 2.29 bits per heavy atom. The second-order valence-electron chi connectivity index (χ2n) is 2.71. The van der Waals surface area contributed by atoms with Crippen LogP contribution in [0.3, 0.4) is 0 Å². The van der Waals surface area contributed by atoms with Crippen molar-refractivity contribution in [3.05, 3.63) is 31.3 Å². The Balaban J connectivity index is 0. The summed E-state index contributed by atoms with van der Waals surface area (Å²) in [6.45, 7) is 2.01. The number of pyridine rings is 1. The molecular formula is C11H15N2O3Y-. The second-order valence-corrected chi connectivity index (χ2v) is 2.71. The molecule has 0 bridgehead atoms. The van der Waals surface area contributed by atoms with E-state index in [0.29, 0.717) is 12.2 Å². The van der Waals surface area contributed by atoms with Gasteiger partial charge in [-0.2, -0.15) is 0 Å². The zero-order valence-corrected chi connectivity index (χ0v) is 12.7. The molecule has 0 aliphatic heterocycles. The molecule has 1 radical (unpaired) electrons. The number of carbonyl (C=O) groups is 1. The van der Waals surface area contributed by atoms with Crippen LogP contribution in [0.1, 0.15) is 12.5 Å². The molecule has 0 aliphatic rings. The quantitative estimate of drug-likeness (QED) is 0.500. The predicted octanol–water partition coefficient (Wildman–Crippen LogP) is 1.39. The number of hydrogen-bond acceptors (Lipinski definition) is 5. The minimum Gasteiger partial charge on any atom is -0.507 e. The average molecular weight is 312 g/mol. The van der Waals surface area contributed by atoms with Crippen molar-refractivity contribution in [2.24, 2.45) is 0 Å². The molecule has 0 fully saturated rings. The van der Waals surface area contributed by atoms with E-state index in [-0.39, 0.29) is 51.7 Å². The first-order chi connectivity index (χ1) is 7.15. The number of hydrogen-bond donors (Lipinski definition) is 2. The van der Waals surface area contributed by atoms with Crippen molar-refractivity contribution in [2.45, 2.75) is 6.92 Å². The van der Waals surface area contributed by atoms with E-state index in [4.69, 9.17) is 5.73 Å². The predicted molar refractivity (Wildman–Crippen MR) is 62.4 cm³/mol. The summed E-state index contributed by atoms with van der Waals surface area (Å²) in [5.74, 6) is -0.348. The van der Waals surface area contributed by atoms with Gasteiger partial charge in [0.25, 0.3) is 0 Å². The van der Waals surface area contributed by atoms with Gasteiger partial charge in [-0.25, -0.2) is 9.78 Å². The smallest absolute Gasteiger partial charge is 0.330 e. The van der Waals surface area contributed by atoms with Crippen LogP contribution in [0.25, 0.3) is 6.08 Å². The summed E-state index contributed by atoms with van der Waals surface area (Å²) in [7, 11) is 0. The van der Waals surface area contributed by atoms with E-state index in [1.807, 2.05) is 0 Å². The number of esters is 1. The van der Waals surface area contributed by atoms with Gasteiger partial charge in [0, 0.05) is 45.0 Å².